The molecule has 1 aliphatic carbocycles. The fourth-order valence-electron chi connectivity index (χ4n) is 2.70. The Morgan fingerprint density at radius 3 is 2.90 bits per heavy atom. The number of nitrogens with zero attached hydrogens (tertiary/aromatic N) is 2. The number of thiophene rings is 1. The molecule has 1 saturated carbocycles. The summed E-state index contributed by atoms with van der Waals surface area (Å²) in [5.74, 6) is 0. The molecule has 0 radical (unpaired) electrons. The van der Waals surface area contributed by atoms with Gasteiger partial charge in [0.05, 0.1) is 6.54 Å². The van der Waals surface area contributed by atoms with Crippen molar-refractivity contribution in [1.29, 1.82) is 0 Å². The van der Waals surface area contributed by atoms with Crippen molar-refractivity contribution in [3.8, 4) is 0 Å². The lowest BCUT2D eigenvalue weighted by molar-refractivity contribution is 0.651. The van der Waals surface area contributed by atoms with Gasteiger partial charge >= 0.3 is 0 Å². The molecule has 0 amide bonds. The number of rotatable bonds is 5. The second-order valence-corrected chi connectivity index (χ2v) is 6.92. The first kappa shape index (κ1) is 13.0. The highest BCUT2D eigenvalue weighted by molar-refractivity contribution is 7.19. The van der Waals surface area contributed by atoms with E-state index in [1.54, 1.807) is 0 Å². The summed E-state index contributed by atoms with van der Waals surface area (Å²) in [4.78, 5) is 1.46. The van der Waals surface area contributed by atoms with E-state index in [0.29, 0.717) is 0 Å². The second kappa shape index (κ2) is 5.28. The molecule has 2 heterocycles. The van der Waals surface area contributed by atoms with Gasteiger partial charge in [0.1, 0.15) is 0 Å². The molecule has 0 aliphatic heterocycles. The average Bonchev–Trinajstić information content (AvgIpc) is 3.15. The fourth-order valence-corrected chi connectivity index (χ4v) is 3.87. The van der Waals surface area contributed by atoms with Crippen LogP contribution in [0, 0.1) is 6.92 Å². The van der Waals surface area contributed by atoms with Crippen LogP contribution in [-0.4, -0.2) is 15.8 Å². The largest absolute Gasteiger partial charge is 0.309 e. The van der Waals surface area contributed by atoms with Gasteiger partial charge in [-0.25, -0.2) is 0 Å². The molecule has 4 rings (SSSR count). The summed E-state index contributed by atoms with van der Waals surface area (Å²) in [5, 5.41) is 9.48. The van der Waals surface area contributed by atoms with Crippen LogP contribution in [0.5, 0.6) is 0 Å². The summed E-state index contributed by atoms with van der Waals surface area (Å²) in [6, 6.07) is 11.5. The Bertz CT molecular complexity index is 767. The van der Waals surface area contributed by atoms with Gasteiger partial charge in [-0.05, 0) is 42.8 Å². The average molecular weight is 297 g/mol. The molecule has 0 bridgehead atoms. The maximum atomic E-state index is 4.45. The number of aromatic nitrogens is 2. The summed E-state index contributed by atoms with van der Waals surface area (Å²) >= 11 is 1.92. The molecule has 2 aromatic heterocycles. The molecule has 0 atom stereocenters. The van der Waals surface area contributed by atoms with Crippen molar-refractivity contribution in [3.05, 3.63) is 52.7 Å². The topological polar surface area (TPSA) is 29.9 Å². The first-order chi connectivity index (χ1) is 10.3. The number of hydrogen-bond acceptors (Lipinski definition) is 3. The molecule has 108 valence electrons. The van der Waals surface area contributed by atoms with Crippen molar-refractivity contribution in [2.45, 2.75) is 38.9 Å². The molecule has 1 aromatic carbocycles. The highest BCUT2D eigenvalue weighted by Gasteiger charge is 2.21. The van der Waals surface area contributed by atoms with Crippen LogP contribution in [0.3, 0.4) is 0 Å². The van der Waals surface area contributed by atoms with E-state index in [-0.39, 0.29) is 0 Å². The minimum atomic E-state index is 0.745. The number of aryl methyl sites for hydroxylation is 1. The molecule has 0 unspecified atom stereocenters. The monoisotopic (exact) mass is 297 g/mol. The standard InChI is InChI=1S/C17H19N3S/c1-12-8-9-19-20(12)11-15-14-4-2-3-5-16(14)21-17(15)10-18-13-6-7-13/h2-5,8-9,13,18H,6-7,10-11H2,1H3. The molecule has 1 aliphatic rings. The minimum absolute atomic E-state index is 0.745. The van der Waals surface area contributed by atoms with E-state index in [2.05, 4.69) is 52.4 Å². The maximum Gasteiger partial charge on any atom is 0.0679 e. The summed E-state index contributed by atoms with van der Waals surface area (Å²) in [7, 11) is 0. The number of hydrogen-bond donors (Lipinski definition) is 1. The van der Waals surface area contributed by atoms with Crippen molar-refractivity contribution in [1.82, 2.24) is 15.1 Å². The van der Waals surface area contributed by atoms with Crippen LogP contribution in [0.25, 0.3) is 10.1 Å². The first-order valence-corrected chi connectivity index (χ1v) is 8.34. The summed E-state index contributed by atoms with van der Waals surface area (Å²) in [6.07, 6.45) is 4.54. The number of benzene rings is 1. The van der Waals surface area contributed by atoms with E-state index in [9.17, 15) is 0 Å². The van der Waals surface area contributed by atoms with Crippen LogP contribution < -0.4 is 5.32 Å². The Balaban J connectivity index is 1.72. The van der Waals surface area contributed by atoms with E-state index >= 15 is 0 Å². The van der Waals surface area contributed by atoms with Gasteiger partial charge in [0.2, 0.25) is 0 Å². The molecule has 1 fully saturated rings. The number of nitrogens with one attached hydrogen (secondary N) is 1. The first-order valence-electron chi connectivity index (χ1n) is 7.52. The molecule has 3 nitrogen and oxygen atoms in total. The summed E-state index contributed by atoms with van der Waals surface area (Å²) in [6.45, 7) is 3.97. The van der Waals surface area contributed by atoms with E-state index in [1.165, 1.54) is 39.1 Å². The Hall–Kier alpha value is -1.65. The van der Waals surface area contributed by atoms with Gasteiger partial charge in [-0.3, -0.25) is 4.68 Å². The zero-order valence-electron chi connectivity index (χ0n) is 12.2. The van der Waals surface area contributed by atoms with Gasteiger partial charge in [0.25, 0.3) is 0 Å². The van der Waals surface area contributed by atoms with Crippen LogP contribution in [0.1, 0.15) is 29.0 Å². The lowest BCUT2D eigenvalue weighted by Crippen LogP contribution is -2.16. The highest BCUT2D eigenvalue weighted by Crippen LogP contribution is 2.32. The lowest BCUT2D eigenvalue weighted by atomic mass is 10.1. The smallest absolute Gasteiger partial charge is 0.0679 e. The summed E-state index contributed by atoms with van der Waals surface area (Å²) < 4.78 is 3.47. The van der Waals surface area contributed by atoms with Crippen molar-refractivity contribution in [2.75, 3.05) is 0 Å². The van der Waals surface area contributed by atoms with Crippen molar-refractivity contribution in [2.24, 2.45) is 0 Å². The van der Waals surface area contributed by atoms with Crippen LogP contribution in [-0.2, 0) is 13.1 Å². The van der Waals surface area contributed by atoms with Crippen LogP contribution in [0.15, 0.2) is 36.5 Å². The zero-order valence-corrected chi connectivity index (χ0v) is 13.0. The van der Waals surface area contributed by atoms with E-state index < -0.39 is 0 Å². The molecule has 1 N–H and O–H groups in total. The van der Waals surface area contributed by atoms with Crippen LogP contribution in [0.4, 0.5) is 0 Å². The maximum absolute atomic E-state index is 4.45. The van der Waals surface area contributed by atoms with Crippen molar-refractivity contribution in [3.63, 3.8) is 0 Å². The van der Waals surface area contributed by atoms with Crippen LogP contribution in [0.2, 0.25) is 0 Å². The molecular weight excluding hydrogens is 278 g/mol. The number of fused-ring (bicyclic) bond motifs is 1. The lowest BCUT2D eigenvalue weighted by Gasteiger charge is -2.08. The van der Waals surface area contributed by atoms with Gasteiger partial charge in [0.15, 0.2) is 0 Å². The summed E-state index contributed by atoms with van der Waals surface area (Å²) in [5.41, 5.74) is 2.64. The second-order valence-electron chi connectivity index (χ2n) is 5.79. The Labute approximate surface area is 128 Å². The van der Waals surface area contributed by atoms with Crippen molar-refractivity contribution < 1.29 is 0 Å². The third-order valence-electron chi connectivity index (χ3n) is 4.15. The Kier molecular flexibility index (Phi) is 3.28. The van der Waals surface area contributed by atoms with Gasteiger partial charge in [-0.15, -0.1) is 11.3 Å². The SMILES string of the molecule is Cc1ccnn1Cc1c(CNC2CC2)sc2ccccc12. The Morgan fingerprint density at radius 1 is 1.29 bits per heavy atom. The predicted molar refractivity (Wildman–Crippen MR) is 87.8 cm³/mol. The van der Waals surface area contributed by atoms with Gasteiger partial charge in [-0.1, -0.05) is 18.2 Å². The third kappa shape index (κ3) is 2.61. The van der Waals surface area contributed by atoms with E-state index in [1.807, 2.05) is 17.5 Å². The zero-order chi connectivity index (χ0) is 14.2. The van der Waals surface area contributed by atoms with E-state index in [4.69, 9.17) is 0 Å². The predicted octanol–water partition coefficient (Wildman–Crippen LogP) is 3.71. The molecular formula is C17H19N3S. The molecule has 4 heteroatoms. The van der Waals surface area contributed by atoms with Gasteiger partial charge in [-0.2, -0.15) is 5.10 Å². The minimum Gasteiger partial charge on any atom is -0.309 e. The van der Waals surface area contributed by atoms with Crippen molar-refractivity contribution >= 4 is 21.4 Å². The quantitative estimate of drug-likeness (QED) is 0.778. The molecule has 0 saturated heterocycles. The molecule has 21 heavy (non-hydrogen) atoms. The normalized spacial score (nSPS) is 14.9. The molecule has 3 aromatic rings. The van der Waals surface area contributed by atoms with Gasteiger partial charge < -0.3 is 5.32 Å². The fraction of sp³-hybridized carbons (Fsp3) is 0.353. The van der Waals surface area contributed by atoms with Crippen LogP contribution >= 0.6 is 11.3 Å². The molecule has 0 spiro atoms. The highest BCUT2D eigenvalue weighted by atomic mass is 32.1. The van der Waals surface area contributed by atoms with E-state index in [0.717, 1.165) is 19.1 Å². The third-order valence-corrected chi connectivity index (χ3v) is 5.36. The Morgan fingerprint density at radius 2 is 2.14 bits per heavy atom. The van der Waals surface area contributed by atoms with Gasteiger partial charge in [0, 0.05) is 34.1 Å².